The fourth-order valence-corrected chi connectivity index (χ4v) is 3.08. The van der Waals surface area contributed by atoms with E-state index in [2.05, 4.69) is 16.4 Å². The average molecular weight is 338 g/mol. The molecule has 0 spiro atoms. The zero-order valence-corrected chi connectivity index (χ0v) is 13.6. The van der Waals surface area contributed by atoms with Crippen molar-refractivity contribution < 1.29 is 14.7 Å². The Morgan fingerprint density at radius 2 is 2.20 bits per heavy atom. The SMILES string of the molecule is N#CC1CCCN1C(=O)CCNC(=O)c1c(O)cnc2ccccc12. The molecule has 1 aliphatic heterocycles. The second-order valence-corrected chi connectivity index (χ2v) is 5.92. The third-order valence-corrected chi connectivity index (χ3v) is 4.33. The lowest BCUT2D eigenvalue weighted by molar-refractivity contribution is -0.131. The summed E-state index contributed by atoms with van der Waals surface area (Å²) in [6.45, 7) is 0.725. The van der Waals surface area contributed by atoms with E-state index < -0.39 is 5.91 Å². The fraction of sp³-hybridized carbons (Fsp3) is 0.333. The highest BCUT2D eigenvalue weighted by molar-refractivity contribution is 6.08. The van der Waals surface area contributed by atoms with Crippen LogP contribution < -0.4 is 5.32 Å². The summed E-state index contributed by atoms with van der Waals surface area (Å²) in [5.74, 6) is -0.804. The summed E-state index contributed by atoms with van der Waals surface area (Å²) in [7, 11) is 0. The molecule has 1 fully saturated rings. The van der Waals surface area contributed by atoms with E-state index in [9.17, 15) is 14.7 Å². The maximum Gasteiger partial charge on any atom is 0.255 e. The van der Waals surface area contributed by atoms with E-state index in [0.717, 1.165) is 6.42 Å². The molecule has 1 aromatic heterocycles. The monoisotopic (exact) mass is 338 g/mol. The summed E-state index contributed by atoms with van der Waals surface area (Å²) in [5, 5.41) is 22.2. The van der Waals surface area contributed by atoms with Crippen LogP contribution in [0.3, 0.4) is 0 Å². The Balaban J connectivity index is 1.65. The lowest BCUT2D eigenvalue weighted by Gasteiger charge is -2.19. The van der Waals surface area contributed by atoms with Crippen LogP contribution in [-0.2, 0) is 4.79 Å². The Morgan fingerprint density at radius 3 is 3.00 bits per heavy atom. The second kappa shape index (κ2) is 7.18. The summed E-state index contributed by atoms with van der Waals surface area (Å²) < 4.78 is 0. The molecule has 1 aromatic carbocycles. The number of carbonyl (C=O) groups excluding carboxylic acids is 2. The van der Waals surface area contributed by atoms with Gasteiger partial charge in [0.15, 0.2) is 0 Å². The van der Waals surface area contributed by atoms with E-state index in [1.807, 2.05) is 0 Å². The number of rotatable bonds is 4. The van der Waals surface area contributed by atoms with Gasteiger partial charge in [0.05, 0.1) is 23.3 Å². The van der Waals surface area contributed by atoms with Crippen molar-refractivity contribution in [2.75, 3.05) is 13.1 Å². The lowest BCUT2D eigenvalue weighted by atomic mass is 10.1. The van der Waals surface area contributed by atoms with Gasteiger partial charge in [0.2, 0.25) is 5.91 Å². The normalized spacial score (nSPS) is 16.6. The van der Waals surface area contributed by atoms with Crippen molar-refractivity contribution in [1.82, 2.24) is 15.2 Å². The number of benzene rings is 1. The highest BCUT2D eigenvalue weighted by Gasteiger charge is 2.28. The minimum Gasteiger partial charge on any atom is -0.505 e. The van der Waals surface area contributed by atoms with Crippen molar-refractivity contribution >= 4 is 22.7 Å². The molecule has 25 heavy (non-hydrogen) atoms. The molecule has 7 heteroatoms. The third kappa shape index (κ3) is 3.38. The number of fused-ring (bicyclic) bond motifs is 1. The minimum atomic E-state index is -0.456. The van der Waals surface area contributed by atoms with Crippen LogP contribution in [0.25, 0.3) is 10.9 Å². The first-order valence-electron chi connectivity index (χ1n) is 8.16. The van der Waals surface area contributed by atoms with Gasteiger partial charge in [-0.15, -0.1) is 0 Å². The van der Waals surface area contributed by atoms with E-state index in [4.69, 9.17) is 5.26 Å². The van der Waals surface area contributed by atoms with Crippen LogP contribution >= 0.6 is 0 Å². The van der Waals surface area contributed by atoms with Crippen LogP contribution in [0.15, 0.2) is 30.5 Å². The Bertz CT molecular complexity index is 859. The summed E-state index contributed by atoms with van der Waals surface area (Å²) in [5.41, 5.74) is 0.754. The number of amides is 2. The van der Waals surface area contributed by atoms with Gasteiger partial charge in [-0.3, -0.25) is 14.6 Å². The number of hydrogen-bond acceptors (Lipinski definition) is 5. The Labute approximate surface area is 144 Å². The molecular formula is C18H18N4O3. The van der Waals surface area contributed by atoms with Gasteiger partial charge in [-0.2, -0.15) is 5.26 Å². The number of nitriles is 1. The van der Waals surface area contributed by atoms with Gasteiger partial charge in [-0.05, 0) is 18.9 Å². The molecule has 0 bridgehead atoms. The topological polar surface area (TPSA) is 106 Å². The first kappa shape index (κ1) is 16.7. The van der Waals surface area contributed by atoms with Crippen LogP contribution in [0.1, 0.15) is 29.6 Å². The number of nitrogens with one attached hydrogen (secondary N) is 1. The number of carbonyl (C=O) groups is 2. The number of hydrogen-bond donors (Lipinski definition) is 2. The molecule has 0 saturated carbocycles. The maximum absolute atomic E-state index is 12.4. The molecule has 2 aromatic rings. The highest BCUT2D eigenvalue weighted by Crippen LogP contribution is 2.24. The third-order valence-electron chi connectivity index (χ3n) is 4.33. The van der Waals surface area contributed by atoms with E-state index >= 15 is 0 Å². The molecule has 1 atom stereocenters. The van der Waals surface area contributed by atoms with Crippen molar-refractivity contribution in [1.29, 1.82) is 5.26 Å². The van der Waals surface area contributed by atoms with Crippen molar-refractivity contribution in [3.05, 3.63) is 36.0 Å². The number of aromatic nitrogens is 1. The summed E-state index contributed by atoms with van der Waals surface area (Å²) >= 11 is 0. The molecule has 2 N–H and O–H groups in total. The average Bonchev–Trinajstić information content (AvgIpc) is 3.10. The van der Waals surface area contributed by atoms with Crippen LogP contribution in [0.5, 0.6) is 5.75 Å². The number of pyridine rings is 1. The number of para-hydroxylation sites is 1. The second-order valence-electron chi connectivity index (χ2n) is 5.92. The van der Waals surface area contributed by atoms with Gasteiger partial charge in [0.1, 0.15) is 11.8 Å². The Morgan fingerprint density at radius 1 is 1.40 bits per heavy atom. The van der Waals surface area contributed by atoms with E-state index in [1.54, 1.807) is 29.2 Å². The molecule has 128 valence electrons. The summed E-state index contributed by atoms with van der Waals surface area (Å²) in [6.07, 6.45) is 2.89. The molecular weight excluding hydrogens is 320 g/mol. The van der Waals surface area contributed by atoms with Crippen molar-refractivity contribution in [2.45, 2.75) is 25.3 Å². The lowest BCUT2D eigenvalue weighted by Crippen LogP contribution is -2.37. The first-order chi connectivity index (χ1) is 12.1. The minimum absolute atomic E-state index is 0.119. The molecule has 1 unspecified atom stereocenters. The molecule has 7 nitrogen and oxygen atoms in total. The number of aromatic hydroxyl groups is 1. The van der Waals surface area contributed by atoms with Gasteiger partial charge in [0.25, 0.3) is 5.91 Å². The maximum atomic E-state index is 12.4. The zero-order chi connectivity index (χ0) is 17.8. The van der Waals surface area contributed by atoms with Gasteiger partial charge in [0, 0.05) is 24.9 Å². The Hall–Kier alpha value is -3.14. The van der Waals surface area contributed by atoms with Crippen LogP contribution in [0.2, 0.25) is 0 Å². The fourth-order valence-electron chi connectivity index (χ4n) is 3.08. The zero-order valence-electron chi connectivity index (χ0n) is 13.6. The predicted molar refractivity (Wildman–Crippen MR) is 90.7 cm³/mol. The molecule has 1 saturated heterocycles. The van der Waals surface area contributed by atoms with Crippen molar-refractivity contribution in [3.8, 4) is 11.8 Å². The molecule has 0 radical (unpaired) electrons. The van der Waals surface area contributed by atoms with Crippen LogP contribution in [0.4, 0.5) is 0 Å². The van der Waals surface area contributed by atoms with Gasteiger partial charge >= 0.3 is 0 Å². The van der Waals surface area contributed by atoms with Gasteiger partial charge < -0.3 is 15.3 Å². The number of likely N-dealkylation sites (tertiary alicyclic amines) is 1. The Kier molecular flexibility index (Phi) is 4.80. The summed E-state index contributed by atoms with van der Waals surface area (Å²) in [4.78, 5) is 30.2. The number of nitrogens with zero attached hydrogens (tertiary/aromatic N) is 3. The van der Waals surface area contributed by atoms with E-state index in [1.165, 1.54) is 6.20 Å². The van der Waals surface area contributed by atoms with Gasteiger partial charge in [-0.1, -0.05) is 18.2 Å². The summed E-state index contributed by atoms with van der Waals surface area (Å²) in [6, 6.07) is 8.79. The largest absolute Gasteiger partial charge is 0.505 e. The highest BCUT2D eigenvalue weighted by atomic mass is 16.3. The molecule has 3 rings (SSSR count). The van der Waals surface area contributed by atoms with Crippen molar-refractivity contribution in [2.24, 2.45) is 0 Å². The molecule has 1 aliphatic rings. The molecule has 2 amide bonds. The molecule has 0 aliphatic carbocycles. The van der Waals surface area contributed by atoms with Crippen LogP contribution in [0, 0.1) is 11.3 Å². The molecule has 2 heterocycles. The van der Waals surface area contributed by atoms with E-state index in [0.29, 0.717) is 23.9 Å². The van der Waals surface area contributed by atoms with Crippen LogP contribution in [-0.4, -0.2) is 45.9 Å². The predicted octanol–water partition coefficient (Wildman–Crippen LogP) is 1.57. The standard InChI is InChI=1S/C18H18N4O3/c19-10-12-4-3-9-22(12)16(24)7-8-20-18(25)17-13-5-1-2-6-14(13)21-11-15(17)23/h1-2,5-6,11-12,23H,3-4,7-9H2,(H,20,25). The quantitative estimate of drug-likeness (QED) is 0.880. The van der Waals surface area contributed by atoms with Gasteiger partial charge in [-0.25, -0.2) is 0 Å². The van der Waals surface area contributed by atoms with Crippen molar-refractivity contribution in [3.63, 3.8) is 0 Å². The smallest absolute Gasteiger partial charge is 0.255 e. The first-order valence-corrected chi connectivity index (χ1v) is 8.16. The van der Waals surface area contributed by atoms with E-state index in [-0.39, 0.29) is 36.2 Å².